The number of nitrogens with two attached hydrogens (primary N) is 1. The summed E-state index contributed by atoms with van der Waals surface area (Å²) >= 11 is 3.49. The molecular formula is C16H14BrFN2O. The second kappa shape index (κ2) is 5.15. The van der Waals surface area contributed by atoms with Crippen molar-refractivity contribution in [2.75, 3.05) is 5.32 Å². The molecule has 1 aliphatic carbocycles. The molecule has 0 saturated heterocycles. The maximum atomic E-state index is 13.9. The first-order valence-corrected chi connectivity index (χ1v) is 7.44. The molecule has 1 amide bonds. The zero-order chi connectivity index (χ0) is 15.0. The number of nitrogens with one attached hydrogen (secondary N) is 1. The van der Waals surface area contributed by atoms with Gasteiger partial charge < -0.3 is 11.1 Å². The number of primary amides is 1. The third-order valence-electron chi connectivity index (χ3n) is 3.97. The summed E-state index contributed by atoms with van der Waals surface area (Å²) in [6.45, 7) is 0. The van der Waals surface area contributed by atoms with Gasteiger partial charge in [0, 0.05) is 4.47 Å². The summed E-state index contributed by atoms with van der Waals surface area (Å²) in [5, 5.41) is 3.04. The van der Waals surface area contributed by atoms with Crippen LogP contribution in [0.4, 0.5) is 10.1 Å². The summed E-state index contributed by atoms with van der Waals surface area (Å²) in [5.74, 6) is -0.899. The second-order valence-electron chi connectivity index (χ2n) is 5.14. The third kappa shape index (κ3) is 2.21. The van der Waals surface area contributed by atoms with Gasteiger partial charge in [0.05, 0.1) is 5.69 Å². The lowest BCUT2D eigenvalue weighted by Crippen LogP contribution is -2.46. The summed E-state index contributed by atoms with van der Waals surface area (Å²) in [6.07, 6.45) is 1.22. The van der Waals surface area contributed by atoms with Gasteiger partial charge in [-0.1, -0.05) is 40.2 Å². The van der Waals surface area contributed by atoms with E-state index < -0.39 is 17.3 Å². The van der Waals surface area contributed by atoms with Gasteiger partial charge in [0.25, 0.3) is 0 Å². The van der Waals surface area contributed by atoms with Crippen LogP contribution in [0.2, 0.25) is 0 Å². The van der Waals surface area contributed by atoms with E-state index in [4.69, 9.17) is 5.73 Å². The van der Waals surface area contributed by atoms with E-state index in [1.807, 2.05) is 18.2 Å². The number of halogens is 2. The summed E-state index contributed by atoms with van der Waals surface area (Å²) in [4.78, 5) is 12.1. The number of benzene rings is 2. The number of anilines is 1. The third-order valence-corrected chi connectivity index (χ3v) is 4.71. The van der Waals surface area contributed by atoms with Crippen LogP contribution in [0.25, 0.3) is 0 Å². The van der Waals surface area contributed by atoms with Crippen molar-refractivity contribution in [2.24, 2.45) is 5.73 Å². The molecule has 0 aromatic heterocycles. The predicted octanol–water partition coefficient (Wildman–Crippen LogP) is 3.33. The number of carbonyl (C=O) groups excluding carboxylic acids is 1. The fourth-order valence-corrected chi connectivity index (χ4v) is 3.46. The van der Waals surface area contributed by atoms with Crippen LogP contribution in [-0.4, -0.2) is 5.91 Å². The Morgan fingerprint density at radius 3 is 2.71 bits per heavy atom. The molecule has 3 rings (SSSR count). The average molecular weight is 349 g/mol. The molecular weight excluding hydrogens is 335 g/mol. The van der Waals surface area contributed by atoms with Gasteiger partial charge >= 0.3 is 0 Å². The first-order chi connectivity index (χ1) is 10.0. The molecule has 0 spiro atoms. The highest BCUT2D eigenvalue weighted by molar-refractivity contribution is 9.10. The van der Waals surface area contributed by atoms with E-state index in [0.29, 0.717) is 12.8 Å². The number of amides is 1. The van der Waals surface area contributed by atoms with Gasteiger partial charge in [-0.25, -0.2) is 4.39 Å². The van der Waals surface area contributed by atoms with E-state index in [2.05, 4.69) is 21.2 Å². The summed E-state index contributed by atoms with van der Waals surface area (Å²) < 4.78 is 14.9. The van der Waals surface area contributed by atoms with Crippen LogP contribution >= 0.6 is 15.9 Å². The lowest BCUT2D eigenvalue weighted by atomic mass is 9.90. The van der Waals surface area contributed by atoms with Crippen LogP contribution in [0.5, 0.6) is 0 Å². The van der Waals surface area contributed by atoms with E-state index in [-0.39, 0.29) is 5.69 Å². The minimum absolute atomic E-state index is 0.282. The molecule has 0 radical (unpaired) electrons. The van der Waals surface area contributed by atoms with Gasteiger partial charge in [0.15, 0.2) is 0 Å². The Bertz CT molecular complexity index is 719. The Labute approximate surface area is 130 Å². The van der Waals surface area contributed by atoms with Gasteiger partial charge in [0.2, 0.25) is 5.91 Å². The quantitative estimate of drug-likeness (QED) is 0.893. The van der Waals surface area contributed by atoms with Crippen LogP contribution < -0.4 is 11.1 Å². The van der Waals surface area contributed by atoms with Gasteiger partial charge in [-0.3, -0.25) is 4.79 Å². The van der Waals surface area contributed by atoms with Crippen molar-refractivity contribution in [2.45, 2.75) is 18.4 Å². The van der Waals surface area contributed by atoms with Gasteiger partial charge in [-0.15, -0.1) is 0 Å². The van der Waals surface area contributed by atoms with Crippen molar-refractivity contribution < 1.29 is 9.18 Å². The van der Waals surface area contributed by atoms with Crippen molar-refractivity contribution in [1.29, 1.82) is 0 Å². The topological polar surface area (TPSA) is 55.1 Å². The first kappa shape index (κ1) is 14.1. The van der Waals surface area contributed by atoms with E-state index >= 15 is 0 Å². The fourth-order valence-electron chi connectivity index (χ4n) is 2.90. The normalized spacial score (nSPS) is 20.1. The molecule has 21 heavy (non-hydrogen) atoms. The number of rotatable bonds is 3. The summed E-state index contributed by atoms with van der Waals surface area (Å²) in [5.41, 5.74) is 6.72. The Morgan fingerprint density at radius 2 is 2.00 bits per heavy atom. The highest BCUT2D eigenvalue weighted by Crippen LogP contribution is 2.42. The molecule has 0 bridgehead atoms. The molecule has 3 nitrogen and oxygen atoms in total. The highest BCUT2D eigenvalue weighted by atomic mass is 79.9. The van der Waals surface area contributed by atoms with Gasteiger partial charge in [0.1, 0.15) is 11.4 Å². The number of hydrogen-bond donors (Lipinski definition) is 2. The summed E-state index contributed by atoms with van der Waals surface area (Å²) in [6, 6.07) is 11.9. The lowest BCUT2D eigenvalue weighted by Gasteiger charge is -2.29. The maximum Gasteiger partial charge on any atom is 0.247 e. The van der Waals surface area contributed by atoms with E-state index in [0.717, 1.165) is 15.6 Å². The Balaban J connectivity index is 2.11. The van der Waals surface area contributed by atoms with Crippen LogP contribution in [0.1, 0.15) is 17.5 Å². The number of carbonyl (C=O) groups is 1. The number of fused-ring (bicyclic) bond motifs is 1. The second-order valence-corrected chi connectivity index (χ2v) is 5.99. The molecule has 0 saturated carbocycles. The van der Waals surface area contributed by atoms with Crippen molar-refractivity contribution >= 4 is 27.5 Å². The van der Waals surface area contributed by atoms with Crippen LogP contribution in [-0.2, 0) is 16.8 Å². The molecule has 1 aliphatic rings. The van der Waals surface area contributed by atoms with Gasteiger partial charge in [-0.2, -0.15) is 0 Å². The molecule has 0 heterocycles. The molecule has 2 aromatic carbocycles. The van der Waals surface area contributed by atoms with Crippen LogP contribution in [0.15, 0.2) is 46.9 Å². The van der Waals surface area contributed by atoms with E-state index in [1.165, 1.54) is 6.07 Å². The van der Waals surface area contributed by atoms with Crippen molar-refractivity contribution in [3.05, 3.63) is 63.9 Å². The Morgan fingerprint density at radius 1 is 1.24 bits per heavy atom. The Kier molecular flexibility index (Phi) is 3.45. The zero-order valence-corrected chi connectivity index (χ0v) is 12.8. The van der Waals surface area contributed by atoms with Gasteiger partial charge in [-0.05, 0) is 42.2 Å². The molecule has 108 valence electrons. The smallest absolute Gasteiger partial charge is 0.247 e. The van der Waals surface area contributed by atoms with Crippen molar-refractivity contribution in [1.82, 2.24) is 0 Å². The average Bonchev–Trinajstić information content (AvgIpc) is 2.83. The van der Waals surface area contributed by atoms with E-state index in [1.54, 1.807) is 18.2 Å². The standard InChI is InChI=1S/C16H14BrFN2O/c17-12-5-3-4-11-10(12)8-9-16(11,15(19)21)20-14-7-2-1-6-13(14)18/h1-7,20H,8-9H2,(H2,19,21). The van der Waals surface area contributed by atoms with Crippen LogP contribution in [0.3, 0.4) is 0 Å². The Hall–Kier alpha value is -1.88. The molecule has 2 aromatic rings. The fraction of sp³-hybridized carbons (Fsp3) is 0.188. The first-order valence-electron chi connectivity index (χ1n) is 6.65. The SMILES string of the molecule is NC(=O)C1(Nc2ccccc2F)CCc2c(Br)cccc21. The molecule has 0 aliphatic heterocycles. The largest absolute Gasteiger partial charge is 0.367 e. The highest BCUT2D eigenvalue weighted by Gasteiger charge is 2.45. The molecule has 5 heteroatoms. The maximum absolute atomic E-state index is 13.9. The molecule has 1 atom stereocenters. The molecule has 3 N–H and O–H groups in total. The monoisotopic (exact) mass is 348 g/mol. The van der Waals surface area contributed by atoms with Crippen molar-refractivity contribution in [3.63, 3.8) is 0 Å². The van der Waals surface area contributed by atoms with E-state index in [9.17, 15) is 9.18 Å². The molecule has 1 unspecified atom stereocenters. The lowest BCUT2D eigenvalue weighted by molar-refractivity contribution is -0.122. The number of hydrogen-bond acceptors (Lipinski definition) is 2. The summed E-state index contributed by atoms with van der Waals surface area (Å²) in [7, 11) is 0. The predicted molar refractivity (Wildman–Crippen MR) is 83.4 cm³/mol. The minimum Gasteiger partial charge on any atom is -0.367 e. The van der Waals surface area contributed by atoms with Crippen LogP contribution in [0, 0.1) is 5.82 Å². The number of para-hydroxylation sites is 1. The molecule has 0 fully saturated rings. The minimum atomic E-state index is -1.07. The van der Waals surface area contributed by atoms with Crippen molar-refractivity contribution in [3.8, 4) is 0 Å². The zero-order valence-electron chi connectivity index (χ0n) is 11.2.